The van der Waals surface area contributed by atoms with Gasteiger partial charge in [0.2, 0.25) is 0 Å². The summed E-state index contributed by atoms with van der Waals surface area (Å²) >= 11 is 7.64. The first-order valence-corrected chi connectivity index (χ1v) is 9.77. The van der Waals surface area contributed by atoms with E-state index in [4.69, 9.17) is 11.6 Å². The maximum Gasteiger partial charge on any atom is 0.264 e. The van der Waals surface area contributed by atoms with Gasteiger partial charge in [-0.05, 0) is 49.9 Å². The second-order valence-electron chi connectivity index (χ2n) is 6.78. The van der Waals surface area contributed by atoms with Crippen LogP contribution in [0.1, 0.15) is 35.1 Å². The van der Waals surface area contributed by atoms with E-state index in [-0.39, 0.29) is 5.91 Å². The van der Waals surface area contributed by atoms with E-state index in [0.717, 1.165) is 52.4 Å². The van der Waals surface area contributed by atoms with E-state index in [1.54, 1.807) is 0 Å². The molecule has 1 saturated heterocycles. The standard InChI is InChI=1S/C19H20ClN3OS/c1-12-6-8-22(9-7-12)18(24)17-11-16-13(2)21-23(19(16)25-17)15-5-3-4-14(20)10-15/h3-5,10-12H,6-9H2,1-2H3. The third-order valence-electron chi connectivity index (χ3n) is 4.88. The summed E-state index contributed by atoms with van der Waals surface area (Å²) in [6, 6.07) is 9.61. The minimum Gasteiger partial charge on any atom is -0.338 e. The Morgan fingerprint density at radius 1 is 1.28 bits per heavy atom. The summed E-state index contributed by atoms with van der Waals surface area (Å²) in [6.07, 6.45) is 2.18. The zero-order valence-electron chi connectivity index (χ0n) is 14.3. The smallest absolute Gasteiger partial charge is 0.264 e. The molecule has 0 atom stereocenters. The van der Waals surface area contributed by atoms with Crippen molar-refractivity contribution in [2.75, 3.05) is 13.1 Å². The van der Waals surface area contributed by atoms with Crippen LogP contribution in [0.5, 0.6) is 0 Å². The molecule has 3 aromatic rings. The summed E-state index contributed by atoms with van der Waals surface area (Å²) in [5.74, 6) is 0.857. The van der Waals surface area contributed by atoms with Crippen LogP contribution in [0.2, 0.25) is 5.02 Å². The van der Waals surface area contributed by atoms with Crippen molar-refractivity contribution in [3.63, 3.8) is 0 Å². The van der Waals surface area contributed by atoms with Crippen LogP contribution in [0.3, 0.4) is 0 Å². The lowest BCUT2D eigenvalue weighted by Crippen LogP contribution is -2.37. The van der Waals surface area contributed by atoms with Gasteiger partial charge in [0.25, 0.3) is 5.91 Å². The molecule has 4 rings (SSSR count). The second-order valence-corrected chi connectivity index (χ2v) is 8.25. The molecule has 0 spiro atoms. The fourth-order valence-electron chi connectivity index (χ4n) is 3.30. The molecular weight excluding hydrogens is 354 g/mol. The lowest BCUT2D eigenvalue weighted by molar-refractivity contribution is 0.0702. The van der Waals surface area contributed by atoms with E-state index in [2.05, 4.69) is 12.0 Å². The van der Waals surface area contributed by atoms with Gasteiger partial charge in [-0.2, -0.15) is 5.10 Å². The molecule has 1 aliphatic heterocycles. The second kappa shape index (κ2) is 6.46. The number of amides is 1. The summed E-state index contributed by atoms with van der Waals surface area (Å²) in [5, 5.41) is 6.34. The minimum atomic E-state index is 0.144. The Kier molecular flexibility index (Phi) is 4.29. The van der Waals surface area contributed by atoms with Crippen molar-refractivity contribution >= 4 is 39.1 Å². The number of carbonyl (C=O) groups is 1. The monoisotopic (exact) mass is 373 g/mol. The molecule has 0 radical (unpaired) electrons. The molecule has 2 aromatic heterocycles. The molecule has 0 N–H and O–H groups in total. The van der Waals surface area contributed by atoms with Crippen molar-refractivity contribution in [3.8, 4) is 5.69 Å². The molecule has 3 heterocycles. The highest BCUT2D eigenvalue weighted by Crippen LogP contribution is 2.32. The molecule has 4 nitrogen and oxygen atoms in total. The minimum absolute atomic E-state index is 0.144. The number of benzene rings is 1. The molecule has 1 fully saturated rings. The van der Waals surface area contributed by atoms with E-state index in [9.17, 15) is 4.79 Å². The van der Waals surface area contributed by atoms with Gasteiger partial charge in [0, 0.05) is 23.5 Å². The zero-order chi connectivity index (χ0) is 17.6. The van der Waals surface area contributed by atoms with Crippen LogP contribution in [0, 0.1) is 12.8 Å². The molecule has 1 aliphatic rings. The molecule has 6 heteroatoms. The third-order valence-corrected chi connectivity index (χ3v) is 6.21. The first kappa shape index (κ1) is 16.6. The van der Waals surface area contributed by atoms with E-state index in [1.165, 1.54) is 11.3 Å². The van der Waals surface area contributed by atoms with Crippen molar-refractivity contribution in [2.45, 2.75) is 26.7 Å². The average molecular weight is 374 g/mol. The van der Waals surface area contributed by atoms with Crippen LogP contribution in [-0.4, -0.2) is 33.7 Å². The predicted molar refractivity (Wildman–Crippen MR) is 103 cm³/mol. The van der Waals surface area contributed by atoms with Gasteiger partial charge < -0.3 is 4.90 Å². The predicted octanol–water partition coefficient (Wildman–Crippen LogP) is 4.92. The van der Waals surface area contributed by atoms with Gasteiger partial charge in [0.1, 0.15) is 4.83 Å². The number of hydrogen-bond donors (Lipinski definition) is 0. The van der Waals surface area contributed by atoms with E-state index < -0.39 is 0 Å². The molecule has 0 unspecified atom stereocenters. The van der Waals surface area contributed by atoms with Gasteiger partial charge in [-0.3, -0.25) is 4.79 Å². The van der Waals surface area contributed by atoms with Crippen LogP contribution in [-0.2, 0) is 0 Å². The molecular formula is C19H20ClN3OS. The summed E-state index contributed by atoms with van der Waals surface area (Å²) in [6.45, 7) is 5.94. The van der Waals surface area contributed by atoms with E-state index >= 15 is 0 Å². The normalized spacial score (nSPS) is 15.9. The van der Waals surface area contributed by atoms with Crippen molar-refractivity contribution in [1.29, 1.82) is 0 Å². The highest BCUT2D eigenvalue weighted by Gasteiger charge is 2.24. The Morgan fingerprint density at radius 2 is 2.04 bits per heavy atom. The highest BCUT2D eigenvalue weighted by atomic mass is 35.5. The van der Waals surface area contributed by atoms with E-state index in [0.29, 0.717) is 10.9 Å². The number of fused-ring (bicyclic) bond motifs is 1. The number of carbonyl (C=O) groups excluding carboxylic acids is 1. The van der Waals surface area contributed by atoms with Crippen LogP contribution in [0.4, 0.5) is 0 Å². The number of rotatable bonds is 2. The number of nitrogens with zero attached hydrogens (tertiary/aromatic N) is 3. The maximum atomic E-state index is 12.9. The number of likely N-dealkylation sites (tertiary alicyclic amines) is 1. The summed E-state index contributed by atoms with van der Waals surface area (Å²) in [4.78, 5) is 16.6. The number of aromatic nitrogens is 2. The first-order valence-electron chi connectivity index (χ1n) is 8.57. The molecule has 0 aliphatic carbocycles. The zero-order valence-corrected chi connectivity index (χ0v) is 15.9. The van der Waals surface area contributed by atoms with E-state index in [1.807, 2.05) is 46.8 Å². The first-order chi connectivity index (χ1) is 12.0. The number of hydrogen-bond acceptors (Lipinski definition) is 3. The SMILES string of the molecule is Cc1nn(-c2cccc(Cl)c2)c2sc(C(=O)N3CCC(C)CC3)cc12. The quantitative estimate of drug-likeness (QED) is 0.639. The Balaban J connectivity index is 1.71. The van der Waals surface area contributed by atoms with Crippen LogP contribution >= 0.6 is 22.9 Å². The third kappa shape index (κ3) is 3.07. The molecule has 25 heavy (non-hydrogen) atoms. The molecule has 0 bridgehead atoms. The van der Waals surface area contributed by atoms with Gasteiger partial charge in [-0.25, -0.2) is 4.68 Å². The summed E-state index contributed by atoms with van der Waals surface area (Å²) in [5.41, 5.74) is 1.84. The van der Waals surface area contributed by atoms with Crippen molar-refractivity contribution < 1.29 is 4.79 Å². The fourth-order valence-corrected chi connectivity index (χ4v) is 4.64. The molecule has 1 amide bonds. The van der Waals surface area contributed by atoms with Gasteiger partial charge >= 0.3 is 0 Å². The fraction of sp³-hybridized carbons (Fsp3) is 0.368. The lowest BCUT2D eigenvalue weighted by Gasteiger charge is -2.29. The summed E-state index contributed by atoms with van der Waals surface area (Å²) in [7, 11) is 0. The Morgan fingerprint density at radius 3 is 2.76 bits per heavy atom. The number of piperidine rings is 1. The lowest BCUT2D eigenvalue weighted by atomic mass is 9.99. The van der Waals surface area contributed by atoms with Gasteiger partial charge in [-0.15, -0.1) is 11.3 Å². The van der Waals surface area contributed by atoms with Crippen LogP contribution in [0.25, 0.3) is 15.9 Å². The largest absolute Gasteiger partial charge is 0.338 e. The Bertz CT molecular complexity index is 937. The summed E-state index contributed by atoms with van der Waals surface area (Å²) < 4.78 is 1.89. The topological polar surface area (TPSA) is 38.1 Å². The van der Waals surface area contributed by atoms with Crippen molar-refractivity contribution in [3.05, 3.63) is 45.9 Å². The molecule has 130 valence electrons. The Labute approximate surface area is 156 Å². The average Bonchev–Trinajstić information content (AvgIpc) is 3.16. The Hall–Kier alpha value is -1.85. The highest BCUT2D eigenvalue weighted by molar-refractivity contribution is 7.20. The van der Waals surface area contributed by atoms with Crippen molar-refractivity contribution in [1.82, 2.24) is 14.7 Å². The maximum absolute atomic E-state index is 12.9. The van der Waals surface area contributed by atoms with Crippen LogP contribution < -0.4 is 0 Å². The molecule has 1 aromatic carbocycles. The van der Waals surface area contributed by atoms with Gasteiger partial charge in [-0.1, -0.05) is 24.6 Å². The van der Waals surface area contributed by atoms with Gasteiger partial charge in [0.15, 0.2) is 0 Å². The molecule has 0 saturated carbocycles. The van der Waals surface area contributed by atoms with Crippen LogP contribution in [0.15, 0.2) is 30.3 Å². The van der Waals surface area contributed by atoms with Crippen molar-refractivity contribution in [2.24, 2.45) is 5.92 Å². The number of halogens is 1. The number of aryl methyl sites for hydroxylation is 1. The van der Waals surface area contributed by atoms with Gasteiger partial charge in [0.05, 0.1) is 16.3 Å². The number of thiophene rings is 1.